The van der Waals surface area contributed by atoms with Gasteiger partial charge in [0.05, 0.1) is 30.5 Å². The quantitative estimate of drug-likeness (QED) is 0.335. The van der Waals surface area contributed by atoms with Gasteiger partial charge in [0, 0.05) is 5.56 Å². The summed E-state index contributed by atoms with van der Waals surface area (Å²) in [6, 6.07) is 11.1. The number of hydrogen-bond donors (Lipinski definition) is 2. The Balaban J connectivity index is 0.000000255. The monoisotopic (exact) mass is 584 g/mol. The molecule has 0 bridgehead atoms. The van der Waals surface area contributed by atoms with Crippen molar-refractivity contribution >= 4 is 44.4 Å². The van der Waals surface area contributed by atoms with E-state index in [-0.39, 0.29) is 19.1 Å². The first-order chi connectivity index (χ1) is 15.2. The highest BCUT2D eigenvalue weighted by atomic mass is 79.9. The third kappa shape index (κ3) is 10.7. The number of halogens is 5. The van der Waals surface area contributed by atoms with Gasteiger partial charge < -0.3 is 10.0 Å². The van der Waals surface area contributed by atoms with Gasteiger partial charge in [-0.05, 0) is 73.7 Å². The van der Waals surface area contributed by atoms with Gasteiger partial charge in [-0.1, -0.05) is 19.6 Å². The van der Waals surface area contributed by atoms with Gasteiger partial charge in [-0.2, -0.15) is 4.39 Å². The predicted octanol–water partition coefficient (Wildman–Crippen LogP) is 4.57. The van der Waals surface area contributed by atoms with Crippen LogP contribution >= 0.6 is 31.9 Å². The molecule has 0 spiro atoms. The van der Waals surface area contributed by atoms with E-state index in [2.05, 4.69) is 51.8 Å². The van der Waals surface area contributed by atoms with E-state index in [0.717, 1.165) is 17.5 Å². The van der Waals surface area contributed by atoms with Crippen LogP contribution in [-0.4, -0.2) is 37.1 Å². The van der Waals surface area contributed by atoms with Crippen molar-refractivity contribution < 1.29 is 23.2 Å². The summed E-state index contributed by atoms with van der Waals surface area (Å²) in [4.78, 5) is 15.0. The molecule has 0 unspecified atom stereocenters. The summed E-state index contributed by atoms with van der Waals surface area (Å²) in [6.45, 7) is 0. The topological polar surface area (TPSA) is 92.0 Å². The van der Waals surface area contributed by atoms with Gasteiger partial charge >= 0.3 is 7.12 Å². The third-order valence-corrected chi connectivity index (χ3v) is 4.34. The van der Waals surface area contributed by atoms with Crippen LogP contribution in [0.15, 0.2) is 82.5 Å². The second-order valence-corrected chi connectivity index (χ2v) is 7.44. The zero-order valence-electron chi connectivity index (χ0n) is 16.1. The summed E-state index contributed by atoms with van der Waals surface area (Å²) in [5.74, 6) is -1.20. The van der Waals surface area contributed by atoms with Gasteiger partial charge in [0.2, 0.25) is 5.95 Å². The summed E-state index contributed by atoms with van der Waals surface area (Å²) in [5, 5.41) is 17.1. The Morgan fingerprint density at radius 3 is 1.52 bits per heavy atom. The van der Waals surface area contributed by atoms with Crippen molar-refractivity contribution in [1.82, 2.24) is 19.9 Å². The van der Waals surface area contributed by atoms with Crippen molar-refractivity contribution in [2.45, 2.75) is 7.43 Å². The summed E-state index contributed by atoms with van der Waals surface area (Å²) >= 11 is 6.20. The highest BCUT2D eigenvalue weighted by Gasteiger charge is 2.09. The lowest BCUT2D eigenvalue weighted by Gasteiger charge is -1.99. The molecule has 6 nitrogen and oxygen atoms in total. The average Bonchev–Trinajstić information content (AvgIpc) is 2.78. The normalized spacial score (nSPS) is 9.42. The van der Waals surface area contributed by atoms with Crippen LogP contribution in [0.1, 0.15) is 7.43 Å². The Labute approximate surface area is 206 Å². The standard InChI is InChI=1S/C10H6BrFN2.C6H6BFO2.C4H2BrFN2.CH4/c11-10-6-13-9(5-14-10)7-1-3-8(12)4-2-7;8-6-3-1-5(2-4-6)7(9)10;5-3-1-8-4(6)2-7-3;/h1-6H;1-4,9-10H;1-2H;1H4. The molecule has 33 heavy (non-hydrogen) atoms. The Kier molecular flexibility index (Phi) is 12.4. The zero-order chi connectivity index (χ0) is 23.5. The van der Waals surface area contributed by atoms with Crippen molar-refractivity contribution in [2.75, 3.05) is 0 Å². The number of aromatic nitrogens is 4. The summed E-state index contributed by atoms with van der Waals surface area (Å²) < 4.78 is 37.9. The van der Waals surface area contributed by atoms with Crippen LogP contribution in [0.2, 0.25) is 0 Å². The average molecular weight is 586 g/mol. The molecular formula is C21H18BBr2F3N4O2. The van der Waals surface area contributed by atoms with Crippen molar-refractivity contribution in [1.29, 1.82) is 0 Å². The Hall–Kier alpha value is -2.67. The lowest BCUT2D eigenvalue weighted by atomic mass is 9.80. The smallest absolute Gasteiger partial charge is 0.423 e. The maximum Gasteiger partial charge on any atom is 0.488 e. The molecule has 2 aromatic carbocycles. The molecule has 0 amide bonds. The van der Waals surface area contributed by atoms with Crippen LogP contribution in [0, 0.1) is 17.6 Å². The molecule has 2 aromatic heterocycles. The largest absolute Gasteiger partial charge is 0.488 e. The lowest BCUT2D eigenvalue weighted by Crippen LogP contribution is -2.29. The predicted molar refractivity (Wildman–Crippen MR) is 128 cm³/mol. The Morgan fingerprint density at radius 2 is 1.12 bits per heavy atom. The van der Waals surface area contributed by atoms with Crippen LogP contribution in [-0.2, 0) is 0 Å². The molecule has 0 aliphatic carbocycles. The van der Waals surface area contributed by atoms with E-state index in [1.54, 1.807) is 24.5 Å². The molecule has 2 heterocycles. The maximum absolute atomic E-state index is 12.6. The fourth-order valence-corrected chi connectivity index (χ4v) is 2.42. The minimum atomic E-state index is -1.51. The molecule has 0 saturated heterocycles. The highest BCUT2D eigenvalue weighted by Crippen LogP contribution is 2.17. The molecule has 0 aliphatic heterocycles. The fourth-order valence-electron chi connectivity index (χ4n) is 2.01. The molecule has 0 aliphatic rings. The van der Waals surface area contributed by atoms with Gasteiger partial charge in [0.15, 0.2) is 0 Å². The zero-order valence-corrected chi connectivity index (χ0v) is 19.3. The van der Waals surface area contributed by atoms with E-state index in [4.69, 9.17) is 10.0 Å². The van der Waals surface area contributed by atoms with E-state index in [1.807, 2.05) is 0 Å². The minimum Gasteiger partial charge on any atom is -0.423 e. The molecule has 4 aromatic rings. The van der Waals surface area contributed by atoms with Crippen molar-refractivity contribution in [2.24, 2.45) is 0 Å². The molecule has 0 atom stereocenters. The second kappa shape index (κ2) is 14.5. The van der Waals surface area contributed by atoms with Crippen LogP contribution in [0.4, 0.5) is 13.2 Å². The summed E-state index contributed by atoms with van der Waals surface area (Å²) in [6.07, 6.45) is 5.59. The van der Waals surface area contributed by atoms with Crippen molar-refractivity contribution in [3.05, 3.63) is 100 Å². The van der Waals surface area contributed by atoms with E-state index < -0.39 is 13.1 Å². The fraction of sp³-hybridized carbons (Fsp3) is 0.0476. The highest BCUT2D eigenvalue weighted by molar-refractivity contribution is 9.10. The van der Waals surface area contributed by atoms with Crippen molar-refractivity contribution in [3.63, 3.8) is 0 Å². The van der Waals surface area contributed by atoms with E-state index in [9.17, 15) is 13.2 Å². The minimum absolute atomic E-state index is 0. The molecule has 12 heteroatoms. The first-order valence-electron chi connectivity index (χ1n) is 8.72. The summed E-state index contributed by atoms with van der Waals surface area (Å²) in [7, 11) is -1.51. The molecule has 2 N–H and O–H groups in total. The molecule has 0 fully saturated rings. The van der Waals surface area contributed by atoms with E-state index in [1.165, 1.54) is 42.6 Å². The molecule has 0 saturated carbocycles. The van der Waals surface area contributed by atoms with E-state index in [0.29, 0.717) is 14.7 Å². The van der Waals surface area contributed by atoms with Crippen LogP contribution in [0.25, 0.3) is 11.3 Å². The first kappa shape index (κ1) is 28.4. The second-order valence-electron chi connectivity index (χ2n) is 5.82. The summed E-state index contributed by atoms with van der Waals surface area (Å²) in [5.41, 5.74) is 1.88. The van der Waals surface area contributed by atoms with Gasteiger partial charge in [-0.25, -0.2) is 23.7 Å². The number of rotatable bonds is 2. The van der Waals surface area contributed by atoms with Gasteiger partial charge in [0.25, 0.3) is 0 Å². The number of benzene rings is 2. The van der Waals surface area contributed by atoms with Crippen LogP contribution in [0.3, 0.4) is 0 Å². The Morgan fingerprint density at radius 1 is 0.636 bits per heavy atom. The molecular weight excluding hydrogens is 568 g/mol. The third-order valence-electron chi connectivity index (χ3n) is 3.52. The van der Waals surface area contributed by atoms with Gasteiger partial charge in [-0.3, -0.25) is 4.98 Å². The molecule has 0 radical (unpaired) electrons. The SMILES string of the molecule is C.Fc1ccc(-c2cnc(Br)cn2)cc1.Fc1cnc(Br)cn1.OB(O)c1ccc(F)cc1. The molecule has 172 valence electrons. The Bertz CT molecular complexity index is 1030. The number of hydrogen-bond acceptors (Lipinski definition) is 6. The first-order valence-corrected chi connectivity index (χ1v) is 10.3. The van der Waals surface area contributed by atoms with E-state index >= 15 is 0 Å². The maximum atomic E-state index is 12.6. The van der Waals surface area contributed by atoms with Gasteiger partial charge in [0.1, 0.15) is 20.8 Å². The van der Waals surface area contributed by atoms with Crippen LogP contribution in [0.5, 0.6) is 0 Å². The lowest BCUT2D eigenvalue weighted by molar-refractivity contribution is 0.425. The molecule has 4 rings (SSSR count). The van der Waals surface area contributed by atoms with Crippen LogP contribution < -0.4 is 5.46 Å². The van der Waals surface area contributed by atoms with Gasteiger partial charge in [-0.15, -0.1) is 0 Å². The number of nitrogens with zero attached hydrogens (tertiary/aromatic N) is 4. The van der Waals surface area contributed by atoms with Crippen molar-refractivity contribution in [3.8, 4) is 11.3 Å².